The van der Waals surface area contributed by atoms with E-state index in [1.165, 1.54) is 34.8 Å². The van der Waals surface area contributed by atoms with Crippen molar-refractivity contribution < 1.29 is 9.13 Å². The number of halogens is 3. The first kappa shape index (κ1) is 26.5. The third-order valence-electron chi connectivity index (χ3n) is 6.26. The van der Waals surface area contributed by atoms with Crippen LogP contribution in [-0.4, -0.2) is 41.0 Å². The van der Waals surface area contributed by atoms with Crippen molar-refractivity contribution in [3.63, 3.8) is 0 Å². The first-order valence-corrected chi connectivity index (χ1v) is 12.5. The van der Waals surface area contributed by atoms with Gasteiger partial charge in [-0.25, -0.2) is 19.2 Å². The minimum Gasteiger partial charge on any atom is -0.480 e. The van der Waals surface area contributed by atoms with Crippen molar-refractivity contribution in [1.29, 1.82) is 0 Å². The van der Waals surface area contributed by atoms with Gasteiger partial charge in [0.25, 0.3) is 5.56 Å². The molecule has 0 aliphatic rings. The maximum absolute atomic E-state index is 14.1. The zero-order valence-electron chi connectivity index (χ0n) is 21.4. The number of methoxy groups -OCH3 is 1. The second-order valence-corrected chi connectivity index (χ2v) is 9.80. The Bertz CT molecular complexity index is 1880. The molecule has 200 valence electrons. The fraction of sp³-hybridized carbons (Fsp3) is 0.231. The maximum atomic E-state index is 14.1. The Morgan fingerprint density at radius 1 is 1.00 bits per heavy atom. The van der Waals surface area contributed by atoms with Gasteiger partial charge in [-0.2, -0.15) is 5.10 Å². The van der Waals surface area contributed by atoms with Gasteiger partial charge in [-0.05, 0) is 55.3 Å². The number of aryl methyl sites for hydroxylation is 3. The number of nitrogens with zero attached hydrogens (tertiary/aromatic N) is 7. The molecule has 5 rings (SSSR count). The van der Waals surface area contributed by atoms with E-state index in [0.717, 1.165) is 4.57 Å². The highest BCUT2D eigenvalue weighted by atomic mass is 35.5. The molecule has 0 aliphatic carbocycles. The molecule has 0 unspecified atom stereocenters. The fourth-order valence-electron chi connectivity index (χ4n) is 4.28. The lowest BCUT2D eigenvalue weighted by Gasteiger charge is -2.17. The van der Waals surface area contributed by atoms with Crippen molar-refractivity contribution in [1.82, 2.24) is 33.9 Å². The van der Waals surface area contributed by atoms with Crippen LogP contribution in [0.2, 0.25) is 10.0 Å². The molecule has 10 nitrogen and oxygen atoms in total. The quantitative estimate of drug-likeness (QED) is 0.305. The first-order chi connectivity index (χ1) is 18.6. The number of rotatable bonds is 6. The van der Waals surface area contributed by atoms with Crippen LogP contribution in [0.4, 0.5) is 4.39 Å². The molecule has 0 fully saturated rings. The molecule has 0 amide bonds. The van der Waals surface area contributed by atoms with Gasteiger partial charge in [-0.1, -0.05) is 23.2 Å². The van der Waals surface area contributed by atoms with Gasteiger partial charge in [0.2, 0.25) is 5.88 Å². The fourth-order valence-corrected chi connectivity index (χ4v) is 4.68. The van der Waals surface area contributed by atoms with Crippen molar-refractivity contribution in [2.75, 3.05) is 7.11 Å². The molecule has 4 heterocycles. The van der Waals surface area contributed by atoms with Gasteiger partial charge in [-0.3, -0.25) is 23.6 Å². The maximum Gasteiger partial charge on any atom is 0.332 e. The van der Waals surface area contributed by atoms with Gasteiger partial charge in [0, 0.05) is 12.7 Å². The predicted molar refractivity (Wildman–Crippen MR) is 145 cm³/mol. The summed E-state index contributed by atoms with van der Waals surface area (Å²) in [5.74, 6) is -0.202. The van der Waals surface area contributed by atoms with Gasteiger partial charge in [0.15, 0.2) is 11.3 Å². The third-order valence-corrected chi connectivity index (χ3v) is 6.85. The summed E-state index contributed by atoms with van der Waals surface area (Å²) in [6.07, 6.45) is 1.47. The molecule has 0 bridgehead atoms. The SMILES string of the molecule is COc1nc2c(=O)n(Cc3ncn(C)n3)c(=O)n(Cc3cc(Cl)c(F)cc3C)c2cc1-c1nc(C)ccc1Cl. The van der Waals surface area contributed by atoms with Crippen LogP contribution in [0.1, 0.15) is 22.6 Å². The molecule has 0 spiro atoms. The summed E-state index contributed by atoms with van der Waals surface area (Å²) in [5, 5.41) is 4.44. The number of fused-ring (bicyclic) bond motifs is 1. The van der Waals surface area contributed by atoms with E-state index in [2.05, 4.69) is 20.1 Å². The summed E-state index contributed by atoms with van der Waals surface area (Å²) < 4.78 is 23.4. The van der Waals surface area contributed by atoms with Crippen LogP contribution in [0, 0.1) is 19.7 Å². The zero-order valence-corrected chi connectivity index (χ0v) is 22.9. The molecule has 39 heavy (non-hydrogen) atoms. The van der Waals surface area contributed by atoms with Crippen LogP contribution in [0.25, 0.3) is 22.3 Å². The number of hydrogen-bond acceptors (Lipinski definition) is 7. The Hall–Kier alpha value is -4.09. The summed E-state index contributed by atoms with van der Waals surface area (Å²) in [6.45, 7) is 3.30. The highest BCUT2D eigenvalue weighted by molar-refractivity contribution is 6.33. The van der Waals surface area contributed by atoms with Crippen molar-refractivity contribution in [3.05, 3.63) is 96.0 Å². The molecule has 0 saturated heterocycles. The van der Waals surface area contributed by atoms with E-state index in [9.17, 15) is 14.0 Å². The van der Waals surface area contributed by atoms with E-state index in [1.54, 1.807) is 32.2 Å². The summed E-state index contributed by atoms with van der Waals surface area (Å²) >= 11 is 12.5. The smallest absolute Gasteiger partial charge is 0.332 e. The minimum atomic E-state index is -0.652. The number of aromatic nitrogens is 7. The Balaban J connectivity index is 1.83. The van der Waals surface area contributed by atoms with Crippen molar-refractivity contribution in [2.24, 2.45) is 7.05 Å². The number of pyridine rings is 2. The lowest BCUT2D eigenvalue weighted by atomic mass is 10.1. The lowest BCUT2D eigenvalue weighted by molar-refractivity contribution is 0.401. The highest BCUT2D eigenvalue weighted by Gasteiger charge is 2.22. The third kappa shape index (κ3) is 4.90. The van der Waals surface area contributed by atoms with Crippen LogP contribution in [0.3, 0.4) is 0 Å². The van der Waals surface area contributed by atoms with E-state index in [0.29, 0.717) is 33.1 Å². The summed E-state index contributed by atoms with van der Waals surface area (Å²) in [5.41, 5.74) is 1.52. The van der Waals surface area contributed by atoms with Gasteiger partial charge in [-0.15, -0.1) is 0 Å². The summed E-state index contributed by atoms with van der Waals surface area (Å²) in [7, 11) is 3.09. The number of benzene rings is 1. The van der Waals surface area contributed by atoms with Crippen LogP contribution in [0.15, 0.2) is 46.2 Å². The average molecular weight is 570 g/mol. The molecule has 5 aromatic rings. The summed E-state index contributed by atoms with van der Waals surface area (Å²) in [6, 6.07) is 7.80. The Kier molecular flexibility index (Phi) is 6.96. The van der Waals surface area contributed by atoms with Crippen LogP contribution in [0.5, 0.6) is 5.88 Å². The average Bonchev–Trinajstić information content (AvgIpc) is 3.32. The molecular formula is C26H22Cl2FN7O3. The van der Waals surface area contributed by atoms with E-state index < -0.39 is 17.1 Å². The van der Waals surface area contributed by atoms with Crippen LogP contribution < -0.4 is 16.0 Å². The van der Waals surface area contributed by atoms with Gasteiger partial charge in [0.05, 0.1) is 47.0 Å². The van der Waals surface area contributed by atoms with Gasteiger partial charge < -0.3 is 4.74 Å². The van der Waals surface area contributed by atoms with Crippen molar-refractivity contribution in [3.8, 4) is 17.1 Å². The van der Waals surface area contributed by atoms with Gasteiger partial charge in [0.1, 0.15) is 12.1 Å². The second kappa shape index (κ2) is 10.2. The highest BCUT2D eigenvalue weighted by Crippen LogP contribution is 2.34. The normalized spacial score (nSPS) is 11.4. The Morgan fingerprint density at radius 3 is 2.46 bits per heavy atom. The van der Waals surface area contributed by atoms with Crippen molar-refractivity contribution >= 4 is 34.2 Å². The molecule has 0 atom stereocenters. The molecule has 4 aromatic heterocycles. The molecule has 13 heteroatoms. The zero-order chi connectivity index (χ0) is 28.0. The Labute approximate surface area is 231 Å². The van der Waals surface area contributed by atoms with E-state index in [1.807, 2.05) is 6.92 Å². The molecule has 0 radical (unpaired) electrons. The largest absolute Gasteiger partial charge is 0.480 e. The van der Waals surface area contributed by atoms with E-state index >= 15 is 0 Å². The molecule has 0 N–H and O–H groups in total. The van der Waals surface area contributed by atoms with Crippen LogP contribution >= 0.6 is 23.2 Å². The minimum absolute atomic E-state index is 0.0271. The Morgan fingerprint density at radius 2 is 1.77 bits per heavy atom. The number of ether oxygens (including phenoxy) is 1. The molecule has 1 aromatic carbocycles. The first-order valence-electron chi connectivity index (χ1n) is 11.7. The molecule has 0 saturated carbocycles. The molecular weight excluding hydrogens is 548 g/mol. The topological polar surface area (TPSA) is 110 Å². The predicted octanol–water partition coefficient (Wildman–Crippen LogP) is 3.92. The number of hydrogen-bond donors (Lipinski definition) is 0. The van der Waals surface area contributed by atoms with Gasteiger partial charge >= 0.3 is 5.69 Å². The monoisotopic (exact) mass is 569 g/mol. The van der Waals surface area contributed by atoms with Crippen molar-refractivity contribution in [2.45, 2.75) is 26.9 Å². The second-order valence-electron chi connectivity index (χ2n) is 8.98. The van der Waals surface area contributed by atoms with E-state index in [-0.39, 0.29) is 40.8 Å². The lowest BCUT2D eigenvalue weighted by Crippen LogP contribution is -2.41. The standard InChI is InChI=1S/C26H22Cl2FN7O3/c1-13-7-19(29)18(28)8-15(13)10-35-20-9-16(22-17(27)6-5-14(2)31-22)24(39-4)32-23(20)25(37)36(26(35)38)11-21-30-12-34(3)33-21/h5-9,12H,10-11H2,1-4H3. The summed E-state index contributed by atoms with van der Waals surface area (Å²) in [4.78, 5) is 40.7. The molecule has 0 aliphatic heterocycles. The van der Waals surface area contributed by atoms with Crippen LogP contribution in [-0.2, 0) is 20.1 Å². The van der Waals surface area contributed by atoms with E-state index in [4.69, 9.17) is 27.9 Å².